The highest BCUT2D eigenvalue weighted by molar-refractivity contribution is 6.35. The highest BCUT2D eigenvalue weighted by Crippen LogP contribution is 2.48. The van der Waals surface area contributed by atoms with Gasteiger partial charge in [-0.25, -0.2) is 23.4 Å². The zero-order valence-electron chi connectivity index (χ0n) is 22.1. The van der Waals surface area contributed by atoms with Gasteiger partial charge in [-0.2, -0.15) is 5.26 Å². The van der Waals surface area contributed by atoms with E-state index in [1.54, 1.807) is 24.4 Å². The number of alkyl halides is 2. The lowest BCUT2D eigenvalue weighted by Gasteiger charge is -2.22. The van der Waals surface area contributed by atoms with Crippen LogP contribution in [0, 0.1) is 23.7 Å². The second-order valence-electron chi connectivity index (χ2n) is 11.2. The fraction of sp³-hybridized carbons (Fsp3) is 0.393. The van der Waals surface area contributed by atoms with E-state index in [9.17, 15) is 14.0 Å². The van der Waals surface area contributed by atoms with E-state index in [2.05, 4.69) is 57.8 Å². The Bertz CT molecular complexity index is 1570. The third-order valence-electron chi connectivity index (χ3n) is 7.03. The molecule has 0 spiro atoms. The highest BCUT2D eigenvalue weighted by atomic mass is 35.5. The molecular formula is C28H29ClF2N8. The lowest BCUT2D eigenvalue weighted by atomic mass is 9.95. The van der Waals surface area contributed by atoms with Gasteiger partial charge in [-0.05, 0) is 54.5 Å². The topological polar surface area (TPSA) is 104 Å². The molecule has 0 saturated heterocycles. The Morgan fingerprint density at radius 3 is 2.64 bits per heavy atom. The van der Waals surface area contributed by atoms with E-state index in [4.69, 9.17) is 11.6 Å². The summed E-state index contributed by atoms with van der Waals surface area (Å²) in [4.78, 5) is 8.81. The Morgan fingerprint density at radius 2 is 1.97 bits per heavy atom. The minimum Gasteiger partial charge on any atom is -0.373 e. The van der Waals surface area contributed by atoms with Crippen molar-refractivity contribution in [1.29, 1.82) is 5.26 Å². The SMILES string of the molecule is Cc1c(C#N)cccc1C(Nc1cc(Cl)c2ncnc(NCC(C)(C)C)c2c1)c1cn(C2(C(F)F)CC2)nn1. The number of aromatic nitrogens is 5. The van der Waals surface area contributed by atoms with Gasteiger partial charge in [-0.1, -0.05) is 49.7 Å². The first-order chi connectivity index (χ1) is 18.5. The first-order valence-electron chi connectivity index (χ1n) is 12.7. The molecule has 2 heterocycles. The summed E-state index contributed by atoms with van der Waals surface area (Å²) in [6.45, 7) is 8.91. The molecule has 0 bridgehead atoms. The Morgan fingerprint density at radius 1 is 1.21 bits per heavy atom. The highest BCUT2D eigenvalue weighted by Gasteiger charge is 2.54. The van der Waals surface area contributed by atoms with Gasteiger partial charge in [0.05, 0.1) is 34.4 Å². The van der Waals surface area contributed by atoms with Crippen LogP contribution in [-0.4, -0.2) is 37.9 Å². The molecule has 1 unspecified atom stereocenters. The predicted molar refractivity (Wildman–Crippen MR) is 147 cm³/mol. The number of anilines is 2. The maximum Gasteiger partial charge on any atom is 0.263 e. The van der Waals surface area contributed by atoms with Crippen molar-refractivity contribution in [1.82, 2.24) is 25.0 Å². The molecule has 202 valence electrons. The second kappa shape index (κ2) is 10.0. The summed E-state index contributed by atoms with van der Waals surface area (Å²) in [5.74, 6) is 0.651. The quantitative estimate of drug-likeness (QED) is 0.259. The fourth-order valence-corrected chi connectivity index (χ4v) is 4.83. The van der Waals surface area contributed by atoms with E-state index >= 15 is 0 Å². The fourth-order valence-electron chi connectivity index (χ4n) is 4.56. The van der Waals surface area contributed by atoms with Crippen molar-refractivity contribution in [3.63, 3.8) is 0 Å². The molecule has 0 radical (unpaired) electrons. The number of hydrogen-bond donors (Lipinski definition) is 2. The molecule has 5 rings (SSSR count). The van der Waals surface area contributed by atoms with Crippen LogP contribution in [0.3, 0.4) is 0 Å². The van der Waals surface area contributed by atoms with E-state index in [1.807, 2.05) is 19.1 Å². The molecule has 8 nitrogen and oxygen atoms in total. The van der Waals surface area contributed by atoms with Gasteiger partial charge in [-0.15, -0.1) is 5.10 Å². The van der Waals surface area contributed by atoms with Crippen molar-refractivity contribution in [2.75, 3.05) is 17.2 Å². The number of hydrogen-bond acceptors (Lipinski definition) is 7. The number of fused-ring (bicyclic) bond motifs is 1. The standard InChI is InChI=1S/C28H29ClF2N8/c1-16-17(12-32)6-5-7-19(16)24(22-13-39(38-37-22)28(8-9-28)26(30)31)36-18-10-20-23(21(29)11-18)34-15-35-25(20)33-14-27(2,3)4/h5-7,10-11,13,15,24,26,36H,8-9,14H2,1-4H3,(H,33,34,35). The predicted octanol–water partition coefficient (Wildman–Crippen LogP) is 6.47. The third kappa shape index (κ3) is 5.23. The Labute approximate surface area is 230 Å². The van der Waals surface area contributed by atoms with Gasteiger partial charge in [0.1, 0.15) is 23.4 Å². The molecule has 2 aromatic carbocycles. The largest absolute Gasteiger partial charge is 0.373 e. The van der Waals surface area contributed by atoms with Crippen molar-refractivity contribution < 1.29 is 8.78 Å². The Kier molecular flexibility index (Phi) is 6.89. The molecule has 1 fully saturated rings. The molecule has 1 saturated carbocycles. The van der Waals surface area contributed by atoms with Crippen LogP contribution in [0.4, 0.5) is 20.3 Å². The van der Waals surface area contributed by atoms with E-state index in [0.717, 1.165) is 16.5 Å². The van der Waals surface area contributed by atoms with Crippen LogP contribution in [0.1, 0.15) is 62.0 Å². The van der Waals surface area contributed by atoms with Gasteiger partial charge in [0.25, 0.3) is 6.43 Å². The van der Waals surface area contributed by atoms with Crippen LogP contribution >= 0.6 is 11.6 Å². The molecule has 1 aliphatic rings. The normalized spacial score (nSPS) is 15.3. The molecule has 39 heavy (non-hydrogen) atoms. The zero-order valence-corrected chi connectivity index (χ0v) is 22.9. The van der Waals surface area contributed by atoms with Crippen molar-refractivity contribution in [2.45, 2.75) is 58.5 Å². The maximum atomic E-state index is 13.8. The molecule has 2 aromatic heterocycles. The van der Waals surface area contributed by atoms with Crippen LogP contribution in [0.5, 0.6) is 0 Å². The summed E-state index contributed by atoms with van der Waals surface area (Å²) in [5.41, 5.74) is 2.46. The van der Waals surface area contributed by atoms with Gasteiger partial charge in [-0.3, -0.25) is 0 Å². The number of benzene rings is 2. The molecule has 0 amide bonds. The number of nitrogens with one attached hydrogen (secondary N) is 2. The van der Waals surface area contributed by atoms with Gasteiger partial charge in [0.15, 0.2) is 0 Å². The second-order valence-corrected chi connectivity index (χ2v) is 11.6. The lowest BCUT2D eigenvalue weighted by Crippen LogP contribution is -2.26. The zero-order chi connectivity index (χ0) is 27.9. The van der Waals surface area contributed by atoms with Crippen molar-refractivity contribution in [3.05, 3.63) is 70.3 Å². The first kappa shape index (κ1) is 26.8. The van der Waals surface area contributed by atoms with Gasteiger partial charge < -0.3 is 10.6 Å². The van der Waals surface area contributed by atoms with Crippen LogP contribution in [-0.2, 0) is 5.54 Å². The molecule has 0 aliphatic heterocycles. The summed E-state index contributed by atoms with van der Waals surface area (Å²) in [6, 6.07) is 10.7. The molecule has 11 heteroatoms. The minimum absolute atomic E-state index is 0.0221. The average molecular weight is 551 g/mol. The van der Waals surface area contributed by atoms with Gasteiger partial charge in [0.2, 0.25) is 0 Å². The smallest absolute Gasteiger partial charge is 0.263 e. The van der Waals surface area contributed by atoms with E-state index in [0.29, 0.717) is 52.7 Å². The van der Waals surface area contributed by atoms with E-state index in [1.165, 1.54) is 11.0 Å². The number of halogens is 3. The third-order valence-corrected chi connectivity index (χ3v) is 7.32. The molecule has 1 atom stereocenters. The minimum atomic E-state index is -2.54. The summed E-state index contributed by atoms with van der Waals surface area (Å²) >= 11 is 6.67. The molecule has 1 aliphatic carbocycles. The maximum absolute atomic E-state index is 13.8. The lowest BCUT2D eigenvalue weighted by molar-refractivity contribution is 0.0593. The summed E-state index contributed by atoms with van der Waals surface area (Å²) in [7, 11) is 0. The Hall–Kier alpha value is -3.84. The Balaban J connectivity index is 1.59. The number of nitrogens with zero attached hydrogens (tertiary/aromatic N) is 6. The number of nitriles is 1. The van der Waals surface area contributed by atoms with E-state index in [-0.39, 0.29) is 5.41 Å². The van der Waals surface area contributed by atoms with Crippen LogP contribution in [0.15, 0.2) is 42.9 Å². The summed E-state index contributed by atoms with van der Waals surface area (Å²) in [5, 5.41) is 26.0. The average Bonchev–Trinajstić information content (AvgIpc) is 3.56. The van der Waals surface area contributed by atoms with Gasteiger partial charge in [0, 0.05) is 17.6 Å². The van der Waals surface area contributed by atoms with Crippen LogP contribution in [0.25, 0.3) is 10.9 Å². The van der Waals surface area contributed by atoms with Crippen molar-refractivity contribution in [2.24, 2.45) is 5.41 Å². The summed E-state index contributed by atoms with van der Waals surface area (Å²) in [6.07, 6.45) is 1.19. The van der Waals surface area contributed by atoms with Crippen LogP contribution < -0.4 is 10.6 Å². The molecule has 2 N–H and O–H groups in total. The molecular weight excluding hydrogens is 522 g/mol. The van der Waals surface area contributed by atoms with Crippen molar-refractivity contribution >= 4 is 34.0 Å². The van der Waals surface area contributed by atoms with E-state index < -0.39 is 18.0 Å². The van der Waals surface area contributed by atoms with Crippen molar-refractivity contribution in [3.8, 4) is 6.07 Å². The monoisotopic (exact) mass is 550 g/mol. The van der Waals surface area contributed by atoms with Crippen LogP contribution in [0.2, 0.25) is 5.02 Å². The summed E-state index contributed by atoms with van der Waals surface area (Å²) < 4.78 is 28.9. The first-order valence-corrected chi connectivity index (χ1v) is 13.1. The van der Waals surface area contributed by atoms with Gasteiger partial charge >= 0.3 is 0 Å². The molecule has 4 aromatic rings. The number of rotatable bonds is 8.